The molecule has 0 unspecified atom stereocenters. The maximum absolute atomic E-state index is 12.7. The summed E-state index contributed by atoms with van der Waals surface area (Å²) in [6, 6.07) is 5.11. The summed E-state index contributed by atoms with van der Waals surface area (Å²) in [5, 5.41) is 22.9. The molecule has 1 aliphatic carbocycles. The number of hydrogen-bond acceptors (Lipinski definition) is 6. The summed E-state index contributed by atoms with van der Waals surface area (Å²) < 4.78 is 4.13. The third kappa shape index (κ3) is 3.04. The molecule has 0 bridgehead atoms. The number of fused-ring (bicyclic) bond motifs is 1. The molecule has 0 atom stereocenters. The Labute approximate surface area is 169 Å². The number of carbonyl (C=O) groups excluding carboxylic acids is 1. The SMILES string of the molecule is Cc1nsc2[nH]cc(C(=O)Nc3cc(O)c(C4CCCC4)cc3C#N)c(=O)c12.[HH].[HH].[HH]. The standard InChI is InChI=1S/C20H18N4O3S.3H2/c1-10-17-18(26)14(9-22-20(17)28-24-10)19(27)23-15-7-16(25)13(6-12(15)8-21)11-4-2-3-5-11;;;/h6-7,9,11,25H,2-5H2,1H3,(H,22,26)(H,23,27);3*1H. The first-order valence-electron chi connectivity index (χ1n) is 9.05. The van der Waals surface area contributed by atoms with Gasteiger partial charge in [0.1, 0.15) is 22.2 Å². The zero-order valence-electron chi connectivity index (χ0n) is 15.2. The highest BCUT2D eigenvalue weighted by Crippen LogP contribution is 2.40. The zero-order chi connectivity index (χ0) is 19.8. The van der Waals surface area contributed by atoms with Gasteiger partial charge in [-0.05, 0) is 48.8 Å². The van der Waals surface area contributed by atoms with E-state index < -0.39 is 11.3 Å². The molecule has 1 fully saturated rings. The van der Waals surface area contributed by atoms with Crippen molar-refractivity contribution in [1.82, 2.24) is 9.36 Å². The summed E-state index contributed by atoms with van der Waals surface area (Å²) in [6.07, 6.45) is 5.51. The Balaban J connectivity index is 0.00000160. The van der Waals surface area contributed by atoms with Gasteiger partial charge in [-0.2, -0.15) is 9.64 Å². The molecule has 1 aromatic carbocycles. The van der Waals surface area contributed by atoms with Crippen molar-refractivity contribution in [3.8, 4) is 11.8 Å². The summed E-state index contributed by atoms with van der Waals surface area (Å²) in [6.45, 7) is 1.71. The molecule has 2 aromatic heterocycles. The third-order valence-corrected chi connectivity index (χ3v) is 6.13. The fourth-order valence-corrected chi connectivity index (χ4v) is 4.56. The second-order valence-corrected chi connectivity index (χ2v) is 7.78. The number of phenols is 1. The largest absolute Gasteiger partial charge is 0.508 e. The fourth-order valence-electron chi connectivity index (χ4n) is 3.80. The van der Waals surface area contributed by atoms with E-state index in [1.165, 1.54) is 12.3 Å². The predicted octanol–water partition coefficient (Wildman–Crippen LogP) is 4.52. The Morgan fingerprint density at radius 3 is 2.89 bits per heavy atom. The van der Waals surface area contributed by atoms with Crippen molar-refractivity contribution < 1.29 is 14.2 Å². The number of nitriles is 1. The molecule has 148 valence electrons. The van der Waals surface area contributed by atoms with Crippen molar-refractivity contribution in [1.29, 1.82) is 5.26 Å². The van der Waals surface area contributed by atoms with E-state index >= 15 is 0 Å². The maximum Gasteiger partial charge on any atom is 0.261 e. The molecule has 1 aliphatic rings. The summed E-state index contributed by atoms with van der Waals surface area (Å²) in [7, 11) is 0. The first-order valence-corrected chi connectivity index (χ1v) is 9.83. The van der Waals surface area contributed by atoms with Crippen molar-refractivity contribution in [3.63, 3.8) is 0 Å². The van der Waals surface area contributed by atoms with Crippen molar-refractivity contribution >= 4 is 33.3 Å². The van der Waals surface area contributed by atoms with Crippen LogP contribution in [-0.2, 0) is 0 Å². The van der Waals surface area contributed by atoms with Gasteiger partial charge in [0, 0.05) is 16.5 Å². The molecule has 0 radical (unpaired) electrons. The minimum absolute atomic E-state index is 0. The number of aromatic nitrogens is 2. The van der Waals surface area contributed by atoms with Gasteiger partial charge in [0.15, 0.2) is 0 Å². The van der Waals surface area contributed by atoms with E-state index in [4.69, 9.17) is 0 Å². The molecule has 0 saturated heterocycles. The van der Waals surface area contributed by atoms with Crippen LogP contribution in [0, 0.1) is 18.3 Å². The number of amides is 1. The highest BCUT2D eigenvalue weighted by atomic mass is 32.1. The normalized spacial score (nSPS) is 14.3. The van der Waals surface area contributed by atoms with Gasteiger partial charge in [-0.25, -0.2) is 0 Å². The van der Waals surface area contributed by atoms with Crippen molar-refractivity contribution in [3.05, 3.63) is 50.9 Å². The van der Waals surface area contributed by atoms with E-state index in [9.17, 15) is 20.0 Å². The number of pyridine rings is 1. The number of aromatic amines is 1. The second kappa shape index (κ2) is 7.09. The van der Waals surface area contributed by atoms with E-state index in [-0.39, 0.29) is 32.8 Å². The number of H-pyrrole nitrogens is 1. The lowest BCUT2D eigenvalue weighted by Gasteiger charge is -2.15. The number of nitrogens with zero attached hydrogens (tertiary/aromatic N) is 2. The van der Waals surface area contributed by atoms with Gasteiger partial charge in [-0.3, -0.25) is 9.59 Å². The van der Waals surface area contributed by atoms with Crippen LogP contribution in [0.1, 0.15) is 63.1 Å². The first-order chi connectivity index (χ1) is 13.5. The molecule has 4 rings (SSSR count). The lowest BCUT2D eigenvalue weighted by Crippen LogP contribution is -2.22. The molecule has 2 heterocycles. The summed E-state index contributed by atoms with van der Waals surface area (Å²) in [5.74, 6) is -0.349. The molecule has 3 N–H and O–H groups in total. The van der Waals surface area contributed by atoms with Gasteiger partial charge >= 0.3 is 0 Å². The molecule has 7 nitrogen and oxygen atoms in total. The number of anilines is 1. The second-order valence-electron chi connectivity index (χ2n) is 7.01. The van der Waals surface area contributed by atoms with Gasteiger partial charge < -0.3 is 15.4 Å². The summed E-state index contributed by atoms with van der Waals surface area (Å²) >= 11 is 1.16. The molecule has 28 heavy (non-hydrogen) atoms. The first kappa shape index (κ1) is 18.2. The smallest absolute Gasteiger partial charge is 0.261 e. The molecule has 0 spiro atoms. The molecule has 3 aromatic rings. The average molecular weight is 401 g/mol. The lowest BCUT2D eigenvalue weighted by atomic mass is 9.94. The topological polar surface area (TPSA) is 119 Å². The Bertz CT molecular complexity index is 1200. The summed E-state index contributed by atoms with van der Waals surface area (Å²) in [5.41, 5.74) is 1.27. The molecule has 8 heteroatoms. The van der Waals surface area contributed by atoms with Gasteiger partial charge in [-0.15, -0.1) is 0 Å². The molecule has 1 saturated carbocycles. The number of aryl methyl sites for hydroxylation is 1. The number of carbonyl (C=O) groups is 1. The van der Waals surface area contributed by atoms with E-state index in [0.717, 1.165) is 42.8 Å². The van der Waals surface area contributed by atoms with Crippen molar-refractivity contribution in [2.75, 3.05) is 5.32 Å². The van der Waals surface area contributed by atoms with Crippen LogP contribution in [0.3, 0.4) is 0 Å². The minimum Gasteiger partial charge on any atom is -0.508 e. The van der Waals surface area contributed by atoms with Crippen LogP contribution in [-0.4, -0.2) is 20.4 Å². The molecular formula is C20H24N4O3S. The van der Waals surface area contributed by atoms with Crippen LogP contribution < -0.4 is 10.7 Å². The van der Waals surface area contributed by atoms with E-state index in [1.807, 2.05) is 0 Å². The Morgan fingerprint density at radius 2 is 2.18 bits per heavy atom. The average Bonchev–Trinajstić information content (AvgIpc) is 3.32. The fraction of sp³-hybridized carbons (Fsp3) is 0.300. The number of rotatable bonds is 3. The van der Waals surface area contributed by atoms with Crippen LogP contribution in [0.4, 0.5) is 5.69 Å². The monoisotopic (exact) mass is 400 g/mol. The van der Waals surface area contributed by atoms with Gasteiger partial charge in [-0.1, -0.05) is 12.8 Å². The molecule has 1 amide bonds. The lowest BCUT2D eigenvalue weighted by molar-refractivity contribution is 0.102. The highest BCUT2D eigenvalue weighted by molar-refractivity contribution is 7.12. The zero-order valence-corrected chi connectivity index (χ0v) is 16.0. The number of phenolic OH excluding ortho intramolecular Hbond substituents is 1. The van der Waals surface area contributed by atoms with E-state index in [1.54, 1.807) is 13.0 Å². The third-order valence-electron chi connectivity index (χ3n) is 5.26. The van der Waals surface area contributed by atoms with Gasteiger partial charge in [0.05, 0.1) is 22.3 Å². The van der Waals surface area contributed by atoms with Crippen molar-refractivity contribution in [2.24, 2.45) is 0 Å². The molecular weight excluding hydrogens is 376 g/mol. The van der Waals surface area contributed by atoms with Gasteiger partial charge in [0.25, 0.3) is 5.91 Å². The van der Waals surface area contributed by atoms with Crippen LogP contribution >= 0.6 is 11.5 Å². The Morgan fingerprint density at radius 1 is 1.43 bits per heavy atom. The van der Waals surface area contributed by atoms with E-state index in [2.05, 4.69) is 20.7 Å². The summed E-state index contributed by atoms with van der Waals surface area (Å²) in [4.78, 5) is 28.9. The van der Waals surface area contributed by atoms with Crippen LogP contribution in [0.15, 0.2) is 23.1 Å². The molecule has 0 aliphatic heterocycles. The van der Waals surface area contributed by atoms with Crippen LogP contribution in [0.25, 0.3) is 10.2 Å². The quantitative estimate of drug-likeness (QED) is 0.597. The Hall–Kier alpha value is -3.18. The van der Waals surface area contributed by atoms with Crippen molar-refractivity contribution in [2.45, 2.75) is 38.5 Å². The number of aromatic hydroxyl groups is 1. The Kier molecular flexibility index (Phi) is 4.61. The predicted molar refractivity (Wildman–Crippen MR) is 113 cm³/mol. The number of benzene rings is 1. The highest BCUT2D eigenvalue weighted by Gasteiger charge is 2.23. The van der Waals surface area contributed by atoms with Crippen LogP contribution in [0.2, 0.25) is 0 Å². The maximum atomic E-state index is 12.7. The van der Waals surface area contributed by atoms with Crippen LogP contribution in [0.5, 0.6) is 5.75 Å². The van der Waals surface area contributed by atoms with Gasteiger partial charge in [0.2, 0.25) is 5.43 Å². The number of nitrogens with one attached hydrogen (secondary N) is 2. The van der Waals surface area contributed by atoms with E-state index in [0.29, 0.717) is 15.9 Å². The number of hydrogen-bond donors (Lipinski definition) is 3. The minimum atomic E-state index is -0.640.